The lowest BCUT2D eigenvalue weighted by atomic mass is 10.2. The van der Waals surface area contributed by atoms with Gasteiger partial charge in [0.1, 0.15) is 0 Å². The minimum atomic E-state index is -4.43. The zero-order valence-electron chi connectivity index (χ0n) is 10.7. The highest BCUT2D eigenvalue weighted by molar-refractivity contribution is 5.75. The molecule has 0 spiro atoms. The molecule has 8 heteroatoms. The van der Waals surface area contributed by atoms with Crippen molar-refractivity contribution in [2.24, 2.45) is 5.73 Å². The molecule has 1 aromatic heterocycles. The van der Waals surface area contributed by atoms with Crippen LogP contribution in [0.2, 0.25) is 0 Å². The first-order valence-corrected chi connectivity index (χ1v) is 6.02. The molecule has 0 aromatic carbocycles. The van der Waals surface area contributed by atoms with Crippen molar-refractivity contribution in [1.29, 1.82) is 0 Å². The lowest BCUT2D eigenvalue weighted by Gasteiger charge is -2.12. The third-order valence-corrected chi connectivity index (χ3v) is 2.31. The Balaban J connectivity index is 2.55. The Morgan fingerprint density at radius 3 is 2.85 bits per heavy atom. The predicted molar refractivity (Wildman–Crippen MR) is 65.9 cm³/mol. The van der Waals surface area contributed by atoms with Crippen molar-refractivity contribution in [3.8, 4) is 5.88 Å². The van der Waals surface area contributed by atoms with Crippen LogP contribution in [0.4, 0.5) is 13.2 Å². The zero-order chi connectivity index (χ0) is 15.0. The molecule has 0 bridgehead atoms. The summed E-state index contributed by atoms with van der Waals surface area (Å²) in [4.78, 5) is 15.1. The number of nitrogens with zero attached hydrogens (tertiary/aromatic N) is 1. The molecule has 0 unspecified atom stereocenters. The fourth-order valence-electron chi connectivity index (χ4n) is 1.38. The average Bonchev–Trinajstić information content (AvgIpc) is 2.40. The summed E-state index contributed by atoms with van der Waals surface area (Å²) in [6.45, 7) is -0.956. The van der Waals surface area contributed by atoms with Crippen LogP contribution in [0.5, 0.6) is 5.88 Å². The Morgan fingerprint density at radius 1 is 1.45 bits per heavy atom. The smallest absolute Gasteiger partial charge is 0.422 e. The molecule has 20 heavy (non-hydrogen) atoms. The number of ether oxygens (including phenoxy) is 1. The summed E-state index contributed by atoms with van der Waals surface area (Å²) in [5.41, 5.74) is 5.66. The van der Waals surface area contributed by atoms with Crippen molar-refractivity contribution in [3.05, 3.63) is 23.9 Å². The number of rotatable bonds is 7. The molecular weight excluding hydrogens is 275 g/mol. The minimum Gasteiger partial charge on any atom is -0.468 e. The lowest BCUT2D eigenvalue weighted by molar-refractivity contribution is -0.154. The molecule has 0 aliphatic rings. The van der Waals surface area contributed by atoms with Crippen molar-refractivity contribution in [3.63, 3.8) is 0 Å². The summed E-state index contributed by atoms with van der Waals surface area (Å²) in [5.74, 6) is -0.356. The molecule has 1 heterocycles. The van der Waals surface area contributed by atoms with Gasteiger partial charge in [0.05, 0.1) is 0 Å². The Labute approximate surface area is 114 Å². The average molecular weight is 291 g/mol. The largest absolute Gasteiger partial charge is 0.468 e. The third kappa shape index (κ3) is 6.37. The Kier molecular flexibility index (Phi) is 6.23. The number of hydrogen-bond acceptors (Lipinski definition) is 4. The van der Waals surface area contributed by atoms with Crippen LogP contribution in [-0.2, 0) is 11.3 Å². The van der Waals surface area contributed by atoms with Gasteiger partial charge in [0.15, 0.2) is 6.61 Å². The van der Waals surface area contributed by atoms with Crippen molar-refractivity contribution < 1.29 is 22.7 Å². The number of nitrogens with one attached hydrogen (secondary N) is 1. The first-order valence-electron chi connectivity index (χ1n) is 6.02. The van der Waals surface area contributed by atoms with Crippen LogP contribution in [0.15, 0.2) is 18.3 Å². The molecule has 1 rings (SSSR count). The molecule has 112 valence electrons. The number of pyridine rings is 1. The van der Waals surface area contributed by atoms with Gasteiger partial charge < -0.3 is 15.8 Å². The fraction of sp³-hybridized carbons (Fsp3) is 0.500. The second-order valence-corrected chi connectivity index (χ2v) is 4.04. The molecule has 0 aliphatic heterocycles. The first kappa shape index (κ1) is 16.2. The zero-order valence-corrected chi connectivity index (χ0v) is 10.7. The van der Waals surface area contributed by atoms with Gasteiger partial charge in [-0.05, 0) is 19.0 Å². The minimum absolute atomic E-state index is 0.0600. The van der Waals surface area contributed by atoms with Crippen molar-refractivity contribution in [2.75, 3.05) is 13.2 Å². The van der Waals surface area contributed by atoms with Crippen molar-refractivity contribution in [2.45, 2.75) is 25.6 Å². The normalized spacial score (nSPS) is 11.2. The van der Waals surface area contributed by atoms with E-state index in [4.69, 9.17) is 5.73 Å². The molecule has 0 fully saturated rings. The monoisotopic (exact) mass is 291 g/mol. The Morgan fingerprint density at radius 2 is 2.20 bits per heavy atom. The standard InChI is InChI=1S/C12H16F3N3O2/c13-12(14,15)8-20-11-9(3-2-6-17-11)7-18-10(19)4-1-5-16/h2-3,6H,1,4-5,7-8,16H2,(H,18,19). The van der Waals surface area contributed by atoms with Gasteiger partial charge in [0.2, 0.25) is 11.8 Å². The summed E-state index contributed by atoms with van der Waals surface area (Å²) in [6.07, 6.45) is -2.28. The van der Waals surface area contributed by atoms with Crippen LogP contribution in [0.1, 0.15) is 18.4 Å². The highest BCUT2D eigenvalue weighted by Gasteiger charge is 2.29. The van der Waals surface area contributed by atoms with Gasteiger partial charge in [0, 0.05) is 24.7 Å². The van der Waals surface area contributed by atoms with Gasteiger partial charge in [-0.1, -0.05) is 6.07 Å². The molecule has 0 atom stereocenters. The summed E-state index contributed by atoms with van der Waals surface area (Å²) < 4.78 is 40.9. The van der Waals surface area contributed by atoms with E-state index in [2.05, 4.69) is 15.0 Å². The summed E-state index contributed by atoms with van der Waals surface area (Å²) in [5, 5.41) is 2.58. The lowest BCUT2D eigenvalue weighted by Crippen LogP contribution is -2.24. The van der Waals surface area contributed by atoms with E-state index in [1.807, 2.05) is 0 Å². The Bertz CT molecular complexity index is 438. The van der Waals surface area contributed by atoms with E-state index >= 15 is 0 Å². The van der Waals surface area contributed by atoms with Crippen LogP contribution in [0.25, 0.3) is 0 Å². The van der Waals surface area contributed by atoms with E-state index in [0.717, 1.165) is 0 Å². The van der Waals surface area contributed by atoms with Crippen molar-refractivity contribution >= 4 is 5.91 Å². The molecule has 3 N–H and O–H groups in total. The van der Waals surface area contributed by atoms with E-state index in [1.165, 1.54) is 6.20 Å². The fourth-order valence-corrected chi connectivity index (χ4v) is 1.38. The van der Waals surface area contributed by atoms with Crippen LogP contribution in [0.3, 0.4) is 0 Å². The molecule has 0 radical (unpaired) electrons. The second-order valence-electron chi connectivity index (χ2n) is 4.04. The molecule has 1 amide bonds. The van der Waals surface area contributed by atoms with Crippen LogP contribution >= 0.6 is 0 Å². The molecule has 0 aliphatic carbocycles. The van der Waals surface area contributed by atoms with Gasteiger partial charge in [0.25, 0.3) is 0 Å². The number of alkyl halides is 3. The highest BCUT2D eigenvalue weighted by Crippen LogP contribution is 2.19. The van der Waals surface area contributed by atoms with E-state index in [9.17, 15) is 18.0 Å². The SMILES string of the molecule is NCCCC(=O)NCc1cccnc1OCC(F)(F)F. The highest BCUT2D eigenvalue weighted by atomic mass is 19.4. The topological polar surface area (TPSA) is 77.2 Å². The van der Waals surface area contributed by atoms with Gasteiger partial charge in [-0.3, -0.25) is 4.79 Å². The maximum Gasteiger partial charge on any atom is 0.422 e. The number of amides is 1. The third-order valence-electron chi connectivity index (χ3n) is 2.31. The van der Waals surface area contributed by atoms with Gasteiger partial charge >= 0.3 is 6.18 Å². The quantitative estimate of drug-likeness (QED) is 0.795. The van der Waals surface area contributed by atoms with Crippen LogP contribution in [0, 0.1) is 0 Å². The predicted octanol–water partition coefficient (Wildman–Crippen LogP) is 1.38. The van der Waals surface area contributed by atoms with E-state index < -0.39 is 12.8 Å². The number of aromatic nitrogens is 1. The van der Waals surface area contributed by atoms with E-state index in [0.29, 0.717) is 18.5 Å². The number of halogens is 3. The number of hydrogen-bond donors (Lipinski definition) is 2. The van der Waals surface area contributed by atoms with Crippen LogP contribution < -0.4 is 15.8 Å². The summed E-state index contributed by atoms with van der Waals surface area (Å²) in [7, 11) is 0. The molecule has 1 aromatic rings. The summed E-state index contributed by atoms with van der Waals surface area (Å²) in [6, 6.07) is 3.10. The second kappa shape index (κ2) is 7.68. The maximum absolute atomic E-state index is 12.1. The maximum atomic E-state index is 12.1. The van der Waals surface area contributed by atoms with Crippen molar-refractivity contribution in [1.82, 2.24) is 10.3 Å². The number of carbonyl (C=O) groups excluding carboxylic acids is 1. The number of nitrogens with two attached hydrogens (primary N) is 1. The Hall–Kier alpha value is -1.83. The van der Waals surface area contributed by atoms with Crippen LogP contribution in [-0.4, -0.2) is 30.2 Å². The van der Waals surface area contributed by atoms with Gasteiger partial charge in [-0.15, -0.1) is 0 Å². The van der Waals surface area contributed by atoms with E-state index in [1.54, 1.807) is 12.1 Å². The van der Waals surface area contributed by atoms with Gasteiger partial charge in [-0.25, -0.2) is 4.98 Å². The number of carbonyl (C=O) groups is 1. The summed E-state index contributed by atoms with van der Waals surface area (Å²) >= 11 is 0. The molecule has 5 nitrogen and oxygen atoms in total. The molecule has 0 saturated carbocycles. The first-order chi connectivity index (χ1) is 9.42. The van der Waals surface area contributed by atoms with E-state index in [-0.39, 0.29) is 24.8 Å². The molecule has 0 saturated heterocycles. The van der Waals surface area contributed by atoms with Gasteiger partial charge in [-0.2, -0.15) is 13.2 Å². The molecular formula is C12H16F3N3O2.